The average molecular weight is 368 g/mol. The van der Waals surface area contributed by atoms with E-state index in [1.54, 1.807) is 34.3 Å². The van der Waals surface area contributed by atoms with Crippen LogP contribution in [0.25, 0.3) is 0 Å². The number of carbonyl (C=O) groups excluding carboxylic acids is 2. The summed E-state index contributed by atoms with van der Waals surface area (Å²) in [5, 5.41) is 2.91. The molecule has 0 saturated carbocycles. The Bertz CT molecular complexity index is 843. The lowest BCUT2D eigenvalue weighted by molar-refractivity contribution is -0.117. The fraction of sp³-hybridized carbons (Fsp3) is 0.350. The van der Waals surface area contributed by atoms with E-state index in [0.29, 0.717) is 38.3 Å². The molecule has 0 bridgehead atoms. The highest BCUT2D eigenvalue weighted by Crippen LogP contribution is 2.41. The molecule has 1 atom stereocenters. The normalized spacial score (nSPS) is 21.9. The molecule has 2 fully saturated rings. The number of carbonyl (C=O) groups is 2. The second kappa shape index (κ2) is 6.98. The van der Waals surface area contributed by atoms with Gasteiger partial charge in [0, 0.05) is 56.1 Å². The third kappa shape index (κ3) is 3.63. The first-order chi connectivity index (χ1) is 13.0. The van der Waals surface area contributed by atoms with Gasteiger partial charge in [0.15, 0.2) is 0 Å². The zero-order valence-corrected chi connectivity index (χ0v) is 14.9. The van der Waals surface area contributed by atoms with E-state index in [0.717, 1.165) is 12.0 Å². The highest BCUT2D eigenvalue weighted by atomic mass is 19.1. The fourth-order valence-electron chi connectivity index (χ4n) is 3.93. The van der Waals surface area contributed by atoms with Gasteiger partial charge in [0.1, 0.15) is 5.82 Å². The number of hydrogen-bond acceptors (Lipinski definition) is 3. The summed E-state index contributed by atoms with van der Waals surface area (Å²) >= 11 is 0. The molecule has 140 valence electrons. The minimum atomic E-state index is -0.322. The number of nitrogens with one attached hydrogen (secondary N) is 1. The van der Waals surface area contributed by atoms with Crippen LogP contribution in [0.4, 0.5) is 14.9 Å². The lowest BCUT2D eigenvalue weighted by atomic mass is 9.86. The molecule has 4 rings (SSSR count). The molecule has 2 aliphatic rings. The molecule has 27 heavy (non-hydrogen) atoms. The number of rotatable bonds is 3. The number of pyridine rings is 1. The summed E-state index contributed by atoms with van der Waals surface area (Å²) in [6.45, 7) is 2.17. The van der Waals surface area contributed by atoms with Crippen LogP contribution in [0.15, 0.2) is 48.8 Å². The van der Waals surface area contributed by atoms with E-state index >= 15 is 0 Å². The molecule has 0 unspecified atom stereocenters. The molecule has 3 heterocycles. The van der Waals surface area contributed by atoms with E-state index in [2.05, 4.69) is 10.3 Å². The van der Waals surface area contributed by atoms with Crippen molar-refractivity contribution in [3.8, 4) is 0 Å². The number of halogens is 1. The Kier molecular flexibility index (Phi) is 4.51. The lowest BCUT2D eigenvalue weighted by Gasteiger charge is -2.24. The first-order valence-electron chi connectivity index (χ1n) is 9.02. The summed E-state index contributed by atoms with van der Waals surface area (Å²) < 4.78 is 13.1. The van der Waals surface area contributed by atoms with Crippen molar-refractivity contribution >= 4 is 17.6 Å². The van der Waals surface area contributed by atoms with Crippen molar-refractivity contribution in [1.29, 1.82) is 0 Å². The van der Waals surface area contributed by atoms with Crippen molar-refractivity contribution in [2.75, 3.05) is 24.5 Å². The van der Waals surface area contributed by atoms with Gasteiger partial charge in [-0.3, -0.25) is 9.78 Å². The lowest BCUT2D eigenvalue weighted by Crippen LogP contribution is -2.40. The largest absolute Gasteiger partial charge is 0.334 e. The van der Waals surface area contributed by atoms with Gasteiger partial charge in [-0.15, -0.1) is 0 Å². The smallest absolute Gasteiger partial charge is 0.317 e. The second-order valence-corrected chi connectivity index (χ2v) is 7.32. The standard InChI is InChI=1S/C20H21FN4O2/c21-16-3-5-17(6-4-16)25-14-20(10-18(25)26)7-9-24(13-20)19(27)23-12-15-2-1-8-22-11-15/h1-6,8,11H,7,9-10,12-14H2,(H,23,27)/t20-/m1/s1. The molecule has 2 aromatic rings. The van der Waals surface area contributed by atoms with Gasteiger partial charge >= 0.3 is 6.03 Å². The molecule has 6 nitrogen and oxygen atoms in total. The van der Waals surface area contributed by atoms with Crippen LogP contribution < -0.4 is 10.2 Å². The summed E-state index contributed by atoms with van der Waals surface area (Å²) in [6, 6.07) is 9.60. The van der Waals surface area contributed by atoms with Crippen molar-refractivity contribution in [3.05, 3.63) is 60.2 Å². The van der Waals surface area contributed by atoms with Crippen molar-refractivity contribution < 1.29 is 14.0 Å². The van der Waals surface area contributed by atoms with E-state index in [1.165, 1.54) is 12.1 Å². The molecule has 1 spiro atoms. The molecule has 1 aromatic carbocycles. The molecule has 2 saturated heterocycles. The van der Waals surface area contributed by atoms with Crippen LogP contribution in [0.5, 0.6) is 0 Å². The maximum atomic E-state index is 13.1. The molecule has 0 radical (unpaired) electrons. The summed E-state index contributed by atoms with van der Waals surface area (Å²) in [5.41, 5.74) is 1.42. The van der Waals surface area contributed by atoms with Crippen LogP contribution in [0.1, 0.15) is 18.4 Å². The van der Waals surface area contributed by atoms with Gasteiger partial charge in [0.25, 0.3) is 0 Å². The number of urea groups is 1. The molecule has 1 N–H and O–H groups in total. The van der Waals surface area contributed by atoms with Gasteiger partial charge in [-0.05, 0) is 42.3 Å². The molecule has 2 aliphatic heterocycles. The van der Waals surface area contributed by atoms with Crippen LogP contribution in [-0.2, 0) is 11.3 Å². The Labute approximate surface area is 157 Å². The Balaban J connectivity index is 1.37. The minimum Gasteiger partial charge on any atom is -0.334 e. The molecular weight excluding hydrogens is 347 g/mol. The molecular formula is C20H21FN4O2. The predicted octanol–water partition coefficient (Wildman–Crippen LogP) is 2.56. The number of aromatic nitrogens is 1. The Hall–Kier alpha value is -2.96. The molecule has 0 aliphatic carbocycles. The Morgan fingerprint density at radius 2 is 2.04 bits per heavy atom. The predicted molar refractivity (Wildman–Crippen MR) is 98.5 cm³/mol. The number of amides is 3. The number of likely N-dealkylation sites (tertiary alicyclic amines) is 1. The number of nitrogens with zero attached hydrogens (tertiary/aromatic N) is 3. The monoisotopic (exact) mass is 368 g/mol. The van der Waals surface area contributed by atoms with Crippen LogP contribution >= 0.6 is 0 Å². The van der Waals surface area contributed by atoms with Crippen LogP contribution in [0, 0.1) is 11.2 Å². The van der Waals surface area contributed by atoms with Crippen LogP contribution in [0.3, 0.4) is 0 Å². The number of benzene rings is 1. The fourth-order valence-corrected chi connectivity index (χ4v) is 3.93. The third-order valence-corrected chi connectivity index (χ3v) is 5.35. The zero-order valence-electron chi connectivity index (χ0n) is 14.9. The van der Waals surface area contributed by atoms with Gasteiger partial charge in [0.2, 0.25) is 5.91 Å². The van der Waals surface area contributed by atoms with Crippen molar-refractivity contribution in [1.82, 2.24) is 15.2 Å². The van der Waals surface area contributed by atoms with Gasteiger partial charge < -0.3 is 15.1 Å². The summed E-state index contributed by atoms with van der Waals surface area (Å²) in [5.74, 6) is -0.295. The van der Waals surface area contributed by atoms with E-state index in [4.69, 9.17) is 0 Å². The Morgan fingerprint density at radius 3 is 2.78 bits per heavy atom. The zero-order chi connectivity index (χ0) is 18.9. The first kappa shape index (κ1) is 17.5. The van der Waals surface area contributed by atoms with Crippen molar-refractivity contribution in [2.45, 2.75) is 19.4 Å². The average Bonchev–Trinajstić information content (AvgIpc) is 3.24. The van der Waals surface area contributed by atoms with Gasteiger partial charge in [-0.2, -0.15) is 0 Å². The number of hydrogen-bond donors (Lipinski definition) is 1. The minimum absolute atomic E-state index is 0.0271. The molecule has 1 aromatic heterocycles. The van der Waals surface area contributed by atoms with E-state index in [-0.39, 0.29) is 23.2 Å². The SMILES string of the molecule is O=C(NCc1cccnc1)N1CC[C@@]2(CC(=O)N(c3ccc(F)cc3)C2)C1. The Morgan fingerprint density at radius 1 is 1.22 bits per heavy atom. The van der Waals surface area contributed by atoms with E-state index < -0.39 is 0 Å². The second-order valence-electron chi connectivity index (χ2n) is 7.32. The summed E-state index contributed by atoms with van der Waals surface area (Å²) in [7, 11) is 0. The van der Waals surface area contributed by atoms with Gasteiger partial charge in [-0.25, -0.2) is 9.18 Å². The molecule has 3 amide bonds. The first-order valence-corrected chi connectivity index (χ1v) is 9.02. The van der Waals surface area contributed by atoms with Gasteiger partial charge in [0.05, 0.1) is 0 Å². The summed E-state index contributed by atoms with van der Waals surface area (Å²) in [6.07, 6.45) is 4.62. The number of anilines is 1. The van der Waals surface area contributed by atoms with Gasteiger partial charge in [-0.1, -0.05) is 6.07 Å². The van der Waals surface area contributed by atoms with Crippen LogP contribution in [0.2, 0.25) is 0 Å². The van der Waals surface area contributed by atoms with Crippen molar-refractivity contribution in [2.24, 2.45) is 5.41 Å². The quantitative estimate of drug-likeness (QED) is 0.906. The van der Waals surface area contributed by atoms with Crippen LogP contribution in [-0.4, -0.2) is 41.5 Å². The third-order valence-electron chi connectivity index (χ3n) is 5.35. The van der Waals surface area contributed by atoms with Crippen molar-refractivity contribution in [3.63, 3.8) is 0 Å². The maximum Gasteiger partial charge on any atom is 0.317 e. The maximum absolute atomic E-state index is 13.1. The topological polar surface area (TPSA) is 65.5 Å². The summed E-state index contributed by atoms with van der Waals surface area (Å²) in [4.78, 5) is 32.5. The van der Waals surface area contributed by atoms with E-state index in [1.807, 2.05) is 12.1 Å². The molecule has 7 heteroatoms. The highest BCUT2D eigenvalue weighted by molar-refractivity contribution is 5.96. The highest BCUT2D eigenvalue weighted by Gasteiger charge is 2.48. The van der Waals surface area contributed by atoms with E-state index in [9.17, 15) is 14.0 Å².